The number of ketones is 1. The maximum atomic E-state index is 13.1. The fourth-order valence-electron chi connectivity index (χ4n) is 3.72. The molecule has 3 N–H and O–H groups in total. The summed E-state index contributed by atoms with van der Waals surface area (Å²) >= 11 is 6.20. The first-order valence-corrected chi connectivity index (χ1v) is 9.53. The normalized spacial score (nSPS) is 19.5. The van der Waals surface area contributed by atoms with Gasteiger partial charge in [-0.05, 0) is 37.8 Å². The summed E-state index contributed by atoms with van der Waals surface area (Å²) in [6.07, 6.45) is 5.78. The molecule has 3 aromatic rings. The number of rotatable bonds is 5. The molecule has 144 valence electrons. The number of carboxylic acid groups (broad SMARTS) is 1. The molecule has 1 aromatic carbocycles. The van der Waals surface area contributed by atoms with Crippen molar-refractivity contribution in [2.75, 3.05) is 5.32 Å². The van der Waals surface area contributed by atoms with Crippen LogP contribution in [0, 0.1) is 5.92 Å². The fraction of sp³-hybridized carbons (Fsp3) is 0.300. The monoisotopic (exact) mass is 398 g/mol. The number of aromatic amines is 1. The van der Waals surface area contributed by atoms with E-state index in [1.165, 1.54) is 6.33 Å². The van der Waals surface area contributed by atoms with Gasteiger partial charge in [0.1, 0.15) is 17.8 Å². The number of hydrogen-bond acceptors (Lipinski definition) is 5. The van der Waals surface area contributed by atoms with Crippen LogP contribution >= 0.6 is 11.6 Å². The number of nitrogens with one attached hydrogen (secondary N) is 2. The lowest BCUT2D eigenvalue weighted by molar-refractivity contribution is -0.142. The zero-order chi connectivity index (χ0) is 19.7. The lowest BCUT2D eigenvalue weighted by atomic mass is 9.86. The molecular weight excluding hydrogens is 380 g/mol. The summed E-state index contributed by atoms with van der Waals surface area (Å²) in [6.45, 7) is 0. The van der Waals surface area contributed by atoms with Crippen LogP contribution in [-0.4, -0.2) is 37.9 Å². The predicted molar refractivity (Wildman–Crippen MR) is 106 cm³/mol. The number of fused-ring (bicyclic) bond motifs is 1. The van der Waals surface area contributed by atoms with Gasteiger partial charge in [0.2, 0.25) is 0 Å². The molecule has 1 aliphatic rings. The number of nitrogens with zero attached hydrogens (tertiary/aromatic N) is 2. The molecule has 7 nitrogen and oxygen atoms in total. The number of benzene rings is 1. The van der Waals surface area contributed by atoms with Gasteiger partial charge in [0.05, 0.1) is 21.9 Å². The molecule has 0 saturated heterocycles. The second-order valence-electron chi connectivity index (χ2n) is 6.99. The van der Waals surface area contributed by atoms with E-state index in [2.05, 4.69) is 20.3 Å². The second-order valence-corrected chi connectivity index (χ2v) is 7.40. The van der Waals surface area contributed by atoms with E-state index < -0.39 is 5.97 Å². The molecule has 28 heavy (non-hydrogen) atoms. The van der Waals surface area contributed by atoms with Crippen molar-refractivity contribution in [3.63, 3.8) is 0 Å². The Hall–Kier alpha value is -2.93. The van der Waals surface area contributed by atoms with E-state index in [9.17, 15) is 9.59 Å². The van der Waals surface area contributed by atoms with Gasteiger partial charge in [-0.1, -0.05) is 23.7 Å². The van der Waals surface area contributed by atoms with Crippen LogP contribution in [0.2, 0.25) is 5.02 Å². The molecular formula is C20H19ClN4O3. The number of halogens is 1. The van der Waals surface area contributed by atoms with Crippen molar-refractivity contribution in [1.82, 2.24) is 15.0 Å². The Labute approximate surface area is 166 Å². The molecule has 0 amide bonds. The first-order chi connectivity index (χ1) is 13.5. The summed E-state index contributed by atoms with van der Waals surface area (Å²) in [5, 5.41) is 13.6. The molecule has 0 atom stereocenters. The third-order valence-corrected chi connectivity index (χ3v) is 5.58. The molecule has 1 saturated carbocycles. The van der Waals surface area contributed by atoms with Crippen molar-refractivity contribution >= 4 is 40.2 Å². The molecule has 1 aliphatic carbocycles. The Balaban J connectivity index is 1.64. The average Bonchev–Trinajstić information content (AvgIpc) is 3.13. The SMILES string of the molecule is O=C(c1ccccc1Cl)c1c[nH]c2ncnc(NC3CCC(C(=O)O)CC3)c12. The number of carbonyl (C=O) groups is 2. The highest BCUT2D eigenvalue weighted by Gasteiger charge is 2.27. The van der Waals surface area contributed by atoms with Gasteiger partial charge in [-0.2, -0.15) is 0 Å². The van der Waals surface area contributed by atoms with Crippen LogP contribution in [0.3, 0.4) is 0 Å². The Morgan fingerprint density at radius 3 is 2.57 bits per heavy atom. The van der Waals surface area contributed by atoms with Crippen LogP contribution in [0.15, 0.2) is 36.8 Å². The number of anilines is 1. The maximum Gasteiger partial charge on any atom is 0.306 e. The molecule has 0 unspecified atom stereocenters. The fourth-order valence-corrected chi connectivity index (χ4v) is 3.94. The average molecular weight is 399 g/mol. The topological polar surface area (TPSA) is 108 Å². The molecule has 0 radical (unpaired) electrons. The highest BCUT2D eigenvalue weighted by molar-refractivity contribution is 6.35. The van der Waals surface area contributed by atoms with Gasteiger partial charge in [-0.25, -0.2) is 9.97 Å². The van der Waals surface area contributed by atoms with Crippen LogP contribution in [0.5, 0.6) is 0 Å². The van der Waals surface area contributed by atoms with Crippen LogP contribution in [0.25, 0.3) is 11.0 Å². The molecule has 8 heteroatoms. The molecule has 0 bridgehead atoms. The smallest absolute Gasteiger partial charge is 0.306 e. The van der Waals surface area contributed by atoms with Crippen LogP contribution < -0.4 is 5.32 Å². The van der Waals surface area contributed by atoms with Gasteiger partial charge in [-0.3, -0.25) is 9.59 Å². The first kappa shape index (κ1) is 18.4. The molecule has 4 rings (SSSR count). The van der Waals surface area contributed by atoms with E-state index in [0.717, 1.165) is 12.8 Å². The minimum Gasteiger partial charge on any atom is -0.481 e. The Morgan fingerprint density at radius 1 is 1.11 bits per heavy atom. The van der Waals surface area contributed by atoms with Crippen LogP contribution in [0.4, 0.5) is 5.82 Å². The highest BCUT2D eigenvalue weighted by atomic mass is 35.5. The number of carbonyl (C=O) groups excluding carboxylic acids is 1. The minimum absolute atomic E-state index is 0.104. The van der Waals surface area contributed by atoms with Gasteiger partial charge in [0.15, 0.2) is 5.78 Å². The second kappa shape index (κ2) is 7.59. The van der Waals surface area contributed by atoms with Crippen molar-refractivity contribution in [3.05, 3.63) is 52.9 Å². The zero-order valence-corrected chi connectivity index (χ0v) is 15.7. The molecule has 1 fully saturated rings. The maximum absolute atomic E-state index is 13.1. The number of hydrogen-bond donors (Lipinski definition) is 3. The summed E-state index contributed by atoms with van der Waals surface area (Å²) in [7, 11) is 0. The van der Waals surface area contributed by atoms with Crippen molar-refractivity contribution in [2.24, 2.45) is 5.92 Å². The Bertz CT molecular complexity index is 1040. The molecule has 2 aromatic heterocycles. The number of aromatic nitrogens is 3. The van der Waals surface area contributed by atoms with Gasteiger partial charge in [0, 0.05) is 17.8 Å². The molecule has 0 spiro atoms. The highest BCUT2D eigenvalue weighted by Crippen LogP contribution is 2.31. The third kappa shape index (κ3) is 3.45. The van der Waals surface area contributed by atoms with E-state index in [0.29, 0.717) is 45.8 Å². The quantitative estimate of drug-likeness (QED) is 0.562. The van der Waals surface area contributed by atoms with Gasteiger partial charge in [0.25, 0.3) is 0 Å². The largest absolute Gasteiger partial charge is 0.481 e. The third-order valence-electron chi connectivity index (χ3n) is 5.25. The van der Waals surface area contributed by atoms with E-state index in [1.54, 1.807) is 30.5 Å². The summed E-state index contributed by atoms with van der Waals surface area (Å²) in [5.41, 5.74) is 1.43. The van der Waals surface area contributed by atoms with Gasteiger partial charge < -0.3 is 15.4 Å². The van der Waals surface area contributed by atoms with E-state index >= 15 is 0 Å². The lowest BCUT2D eigenvalue weighted by Gasteiger charge is -2.27. The van der Waals surface area contributed by atoms with E-state index in [1.807, 2.05) is 0 Å². The number of carboxylic acids is 1. The van der Waals surface area contributed by atoms with Crippen molar-refractivity contribution in [2.45, 2.75) is 31.7 Å². The first-order valence-electron chi connectivity index (χ1n) is 9.15. The molecule has 0 aliphatic heterocycles. The Kier molecular flexibility index (Phi) is 5.00. The van der Waals surface area contributed by atoms with Crippen molar-refractivity contribution in [3.8, 4) is 0 Å². The minimum atomic E-state index is -0.735. The standard InChI is InChI=1S/C20H19ClN4O3/c21-15-4-2-1-3-13(15)17(26)14-9-22-18-16(14)19(24-10-23-18)25-12-7-5-11(6-8-12)20(27)28/h1-4,9-12H,5-8H2,(H,27,28)(H2,22,23,24,25). The number of H-pyrrole nitrogens is 1. The van der Waals surface area contributed by atoms with Crippen molar-refractivity contribution in [1.29, 1.82) is 0 Å². The van der Waals surface area contributed by atoms with Crippen molar-refractivity contribution < 1.29 is 14.7 Å². The summed E-state index contributed by atoms with van der Waals surface area (Å²) in [5.74, 6) is -0.654. The predicted octanol–water partition coefficient (Wildman–Crippen LogP) is 3.90. The van der Waals surface area contributed by atoms with Gasteiger partial charge in [-0.15, -0.1) is 0 Å². The Morgan fingerprint density at radius 2 is 1.86 bits per heavy atom. The van der Waals surface area contributed by atoms with E-state index in [-0.39, 0.29) is 17.7 Å². The summed E-state index contributed by atoms with van der Waals surface area (Å²) in [6, 6.07) is 7.02. The number of aliphatic carboxylic acids is 1. The van der Waals surface area contributed by atoms with Gasteiger partial charge >= 0.3 is 5.97 Å². The summed E-state index contributed by atoms with van der Waals surface area (Å²) in [4.78, 5) is 35.8. The zero-order valence-electron chi connectivity index (χ0n) is 15.0. The van der Waals surface area contributed by atoms with Crippen LogP contribution in [-0.2, 0) is 4.79 Å². The molecule has 2 heterocycles. The van der Waals surface area contributed by atoms with Crippen LogP contribution in [0.1, 0.15) is 41.6 Å². The van der Waals surface area contributed by atoms with E-state index in [4.69, 9.17) is 16.7 Å². The summed E-state index contributed by atoms with van der Waals surface area (Å²) < 4.78 is 0. The lowest BCUT2D eigenvalue weighted by Crippen LogP contribution is -2.29.